The van der Waals surface area contributed by atoms with Crippen molar-refractivity contribution in [2.75, 3.05) is 5.32 Å². The largest absolute Gasteiger partial charge is 0.304 e. The van der Waals surface area contributed by atoms with Crippen molar-refractivity contribution in [1.82, 2.24) is 9.78 Å². The first-order valence-electron chi connectivity index (χ1n) is 8.19. The molecular formula is C20H16FN3OS. The van der Waals surface area contributed by atoms with Crippen LogP contribution < -0.4 is 5.32 Å². The van der Waals surface area contributed by atoms with Gasteiger partial charge in [-0.2, -0.15) is 5.10 Å². The SMILES string of the molecule is O=C(Nc1nn(Cc2ccc(CF)cc2)c2ccccc12)c1cccs1. The highest BCUT2D eigenvalue weighted by atomic mass is 32.1. The molecule has 6 heteroatoms. The van der Waals surface area contributed by atoms with Gasteiger partial charge in [0.1, 0.15) is 6.67 Å². The molecule has 0 radical (unpaired) electrons. The van der Waals surface area contributed by atoms with Gasteiger partial charge in [0.25, 0.3) is 5.91 Å². The van der Waals surface area contributed by atoms with Crippen LogP contribution in [-0.2, 0) is 13.2 Å². The fourth-order valence-electron chi connectivity index (χ4n) is 2.82. The van der Waals surface area contributed by atoms with Gasteiger partial charge in [0, 0.05) is 5.39 Å². The number of nitrogens with zero attached hydrogens (tertiary/aromatic N) is 2. The van der Waals surface area contributed by atoms with Crippen LogP contribution in [0.25, 0.3) is 10.9 Å². The smallest absolute Gasteiger partial charge is 0.266 e. The minimum absolute atomic E-state index is 0.164. The second-order valence-corrected chi connectivity index (χ2v) is 6.85. The maximum Gasteiger partial charge on any atom is 0.266 e. The average molecular weight is 365 g/mol. The van der Waals surface area contributed by atoms with Crippen LogP contribution in [-0.4, -0.2) is 15.7 Å². The lowest BCUT2D eigenvalue weighted by atomic mass is 10.1. The summed E-state index contributed by atoms with van der Waals surface area (Å²) in [5.74, 6) is 0.377. The summed E-state index contributed by atoms with van der Waals surface area (Å²) < 4.78 is 14.5. The van der Waals surface area contributed by atoms with Gasteiger partial charge in [-0.25, -0.2) is 4.39 Å². The minimum Gasteiger partial charge on any atom is -0.304 e. The summed E-state index contributed by atoms with van der Waals surface area (Å²) >= 11 is 1.39. The fraction of sp³-hybridized carbons (Fsp3) is 0.100. The number of rotatable bonds is 5. The highest BCUT2D eigenvalue weighted by Gasteiger charge is 2.14. The number of anilines is 1. The Bertz CT molecular complexity index is 1040. The first-order chi connectivity index (χ1) is 12.7. The monoisotopic (exact) mass is 365 g/mol. The summed E-state index contributed by atoms with van der Waals surface area (Å²) in [7, 11) is 0. The fourth-order valence-corrected chi connectivity index (χ4v) is 3.44. The molecule has 2 aromatic carbocycles. The quantitative estimate of drug-likeness (QED) is 0.549. The molecule has 0 fully saturated rings. The van der Waals surface area contributed by atoms with Crippen molar-refractivity contribution in [3.8, 4) is 0 Å². The predicted molar refractivity (Wildman–Crippen MR) is 102 cm³/mol. The van der Waals surface area contributed by atoms with Crippen molar-refractivity contribution in [3.05, 3.63) is 82.0 Å². The lowest BCUT2D eigenvalue weighted by molar-refractivity contribution is 0.103. The Hall–Kier alpha value is -2.99. The zero-order chi connectivity index (χ0) is 17.9. The van der Waals surface area contributed by atoms with Crippen LogP contribution in [0.5, 0.6) is 0 Å². The van der Waals surface area contributed by atoms with Crippen molar-refractivity contribution in [2.45, 2.75) is 13.2 Å². The lowest BCUT2D eigenvalue weighted by Gasteiger charge is -2.04. The molecule has 130 valence electrons. The van der Waals surface area contributed by atoms with E-state index in [-0.39, 0.29) is 5.91 Å². The number of halogens is 1. The molecule has 0 bridgehead atoms. The molecule has 0 saturated heterocycles. The number of hydrogen-bond acceptors (Lipinski definition) is 3. The first kappa shape index (κ1) is 16.5. The van der Waals surface area contributed by atoms with Gasteiger partial charge < -0.3 is 5.32 Å². The van der Waals surface area contributed by atoms with Crippen molar-refractivity contribution in [1.29, 1.82) is 0 Å². The van der Waals surface area contributed by atoms with E-state index in [0.29, 0.717) is 22.8 Å². The third kappa shape index (κ3) is 3.23. The van der Waals surface area contributed by atoms with Gasteiger partial charge in [0.15, 0.2) is 5.82 Å². The molecule has 26 heavy (non-hydrogen) atoms. The summed E-state index contributed by atoms with van der Waals surface area (Å²) in [4.78, 5) is 13.0. The normalized spacial score (nSPS) is 11.0. The number of alkyl halides is 1. The molecule has 4 aromatic rings. The Morgan fingerprint density at radius 2 is 1.81 bits per heavy atom. The maximum absolute atomic E-state index is 12.7. The maximum atomic E-state index is 12.7. The standard InChI is InChI=1S/C20H16FN3OS/c21-12-14-7-9-15(10-8-14)13-24-17-5-2-1-4-16(17)19(23-24)22-20(25)18-6-3-11-26-18/h1-11H,12-13H2,(H,22,23,25). The lowest BCUT2D eigenvalue weighted by Crippen LogP contribution is -2.11. The number of amides is 1. The third-order valence-corrected chi connectivity index (χ3v) is 5.01. The van der Waals surface area contributed by atoms with Crippen LogP contribution in [0.2, 0.25) is 0 Å². The van der Waals surface area contributed by atoms with E-state index in [9.17, 15) is 9.18 Å². The van der Waals surface area contributed by atoms with Crippen molar-refractivity contribution >= 4 is 34.0 Å². The van der Waals surface area contributed by atoms with Gasteiger partial charge in [0.2, 0.25) is 0 Å². The molecule has 1 amide bonds. The van der Waals surface area contributed by atoms with Gasteiger partial charge >= 0.3 is 0 Å². The Morgan fingerprint density at radius 3 is 2.54 bits per heavy atom. The molecule has 0 unspecified atom stereocenters. The molecule has 2 aromatic heterocycles. The number of carbonyl (C=O) groups excluding carboxylic acids is 1. The van der Waals surface area contributed by atoms with Crippen molar-refractivity contribution in [2.24, 2.45) is 0 Å². The summed E-state index contributed by atoms with van der Waals surface area (Å²) in [5.41, 5.74) is 2.61. The van der Waals surface area contributed by atoms with E-state index in [1.54, 1.807) is 18.2 Å². The van der Waals surface area contributed by atoms with Gasteiger partial charge in [-0.15, -0.1) is 11.3 Å². The second-order valence-electron chi connectivity index (χ2n) is 5.90. The van der Waals surface area contributed by atoms with Crippen LogP contribution in [0.15, 0.2) is 66.0 Å². The van der Waals surface area contributed by atoms with Crippen LogP contribution >= 0.6 is 11.3 Å². The van der Waals surface area contributed by atoms with E-state index in [4.69, 9.17) is 0 Å². The van der Waals surface area contributed by atoms with Crippen LogP contribution in [0.4, 0.5) is 10.2 Å². The van der Waals surface area contributed by atoms with Crippen LogP contribution in [0.3, 0.4) is 0 Å². The number of hydrogen-bond donors (Lipinski definition) is 1. The Morgan fingerprint density at radius 1 is 1.04 bits per heavy atom. The molecule has 0 aliphatic heterocycles. The highest BCUT2D eigenvalue weighted by molar-refractivity contribution is 7.12. The van der Waals surface area contributed by atoms with Crippen molar-refractivity contribution < 1.29 is 9.18 Å². The average Bonchev–Trinajstić information content (AvgIpc) is 3.32. The zero-order valence-corrected chi connectivity index (χ0v) is 14.7. The number of carbonyl (C=O) groups is 1. The first-order valence-corrected chi connectivity index (χ1v) is 9.07. The summed E-state index contributed by atoms with van der Waals surface area (Å²) in [6.45, 7) is 0.0752. The molecule has 2 heterocycles. The Kier molecular flexibility index (Phi) is 4.50. The number of thiophene rings is 1. The van der Waals surface area contributed by atoms with E-state index in [1.165, 1.54) is 11.3 Å². The molecule has 4 nitrogen and oxygen atoms in total. The van der Waals surface area contributed by atoms with E-state index in [0.717, 1.165) is 16.5 Å². The summed E-state index contributed by atoms with van der Waals surface area (Å²) in [6, 6.07) is 18.8. The van der Waals surface area contributed by atoms with Crippen molar-refractivity contribution in [3.63, 3.8) is 0 Å². The molecular weight excluding hydrogens is 349 g/mol. The number of nitrogens with one attached hydrogen (secondary N) is 1. The molecule has 1 N–H and O–H groups in total. The highest BCUT2D eigenvalue weighted by Crippen LogP contribution is 2.24. The topological polar surface area (TPSA) is 46.9 Å². The van der Waals surface area contributed by atoms with E-state index in [2.05, 4.69) is 10.4 Å². The molecule has 0 aliphatic carbocycles. The number of benzene rings is 2. The van der Waals surface area contributed by atoms with Gasteiger partial charge in [-0.3, -0.25) is 9.48 Å². The van der Waals surface area contributed by atoms with Crippen LogP contribution in [0.1, 0.15) is 20.8 Å². The predicted octanol–water partition coefficient (Wildman–Crippen LogP) is 4.87. The summed E-state index contributed by atoms with van der Waals surface area (Å²) in [6.07, 6.45) is 0. The third-order valence-electron chi connectivity index (χ3n) is 4.14. The molecule has 0 spiro atoms. The molecule has 4 rings (SSSR count). The molecule has 0 saturated carbocycles. The summed E-state index contributed by atoms with van der Waals surface area (Å²) in [5, 5.41) is 10.2. The van der Waals surface area contributed by atoms with E-state index < -0.39 is 6.67 Å². The number of para-hydroxylation sites is 1. The van der Waals surface area contributed by atoms with Gasteiger partial charge in [-0.05, 0) is 34.7 Å². The molecule has 0 aliphatic rings. The van der Waals surface area contributed by atoms with Gasteiger partial charge in [0.05, 0.1) is 16.9 Å². The minimum atomic E-state index is -0.468. The zero-order valence-electron chi connectivity index (χ0n) is 13.9. The van der Waals surface area contributed by atoms with E-state index in [1.807, 2.05) is 52.5 Å². The number of fused-ring (bicyclic) bond motifs is 1. The molecule has 0 atom stereocenters. The Balaban J connectivity index is 1.66. The number of aromatic nitrogens is 2. The van der Waals surface area contributed by atoms with Gasteiger partial charge in [-0.1, -0.05) is 42.5 Å². The van der Waals surface area contributed by atoms with E-state index >= 15 is 0 Å². The van der Waals surface area contributed by atoms with Crippen LogP contribution in [0, 0.1) is 0 Å². The second kappa shape index (κ2) is 7.09. The Labute approximate surface area is 153 Å².